The third-order valence-corrected chi connectivity index (χ3v) is 4.34. The molecule has 0 aliphatic rings. The number of fused-ring (bicyclic) bond motifs is 1. The van der Waals surface area contributed by atoms with E-state index in [-0.39, 0.29) is 0 Å². The Morgan fingerprint density at radius 1 is 1.04 bits per heavy atom. The lowest BCUT2D eigenvalue weighted by molar-refractivity contribution is 0.770. The molecule has 4 rings (SSSR count). The summed E-state index contributed by atoms with van der Waals surface area (Å²) in [6, 6.07) is 16.2. The smallest absolute Gasteiger partial charge is 0.0741 e. The van der Waals surface area contributed by atoms with Crippen LogP contribution in [0.2, 0.25) is 0 Å². The molecule has 0 fully saturated rings. The first-order chi connectivity index (χ1) is 11.7. The topological polar surface area (TPSA) is 61.7 Å². The summed E-state index contributed by atoms with van der Waals surface area (Å²) in [5.41, 5.74) is 11.9. The SMILES string of the molecule is CCc1nn(C)c2cc(-c3ccnn3-c3ccc(N)cc3)ccc12. The van der Waals surface area contributed by atoms with E-state index in [1.807, 2.05) is 52.9 Å². The molecule has 0 aliphatic heterocycles. The largest absolute Gasteiger partial charge is 0.399 e. The van der Waals surface area contributed by atoms with E-state index in [1.54, 1.807) is 0 Å². The molecular formula is C19H19N5. The molecule has 0 radical (unpaired) electrons. The van der Waals surface area contributed by atoms with Crippen molar-refractivity contribution < 1.29 is 0 Å². The lowest BCUT2D eigenvalue weighted by Gasteiger charge is -2.08. The molecule has 24 heavy (non-hydrogen) atoms. The third kappa shape index (κ3) is 2.25. The van der Waals surface area contributed by atoms with Crippen LogP contribution in [0.1, 0.15) is 12.6 Å². The van der Waals surface area contributed by atoms with Crippen LogP contribution >= 0.6 is 0 Å². The highest BCUT2D eigenvalue weighted by Crippen LogP contribution is 2.28. The Morgan fingerprint density at radius 3 is 2.58 bits per heavy atom. The second-order valence-electron chi connectivity index (χ2n) is 5.88. The first-order valence-corrected chi connectivity index (χ1v) is 8.03. The predicted molar refractivity (Wildman–Crippen MR) is 97.1 cm³/mol. The van der Waals surface area contributed by atoms with E-state index in [4.69, 9.17) is 5.73 Å². The van der Waals surface area contributed by atoms with Gasteiger partial charge in [-0.1, -0.05) is 19.1 Å². The van der Waals surface area contributed by atoms with Gasteiger partial charge in [0.05, 0.1) is 28.8 Å². The van der Waals surface area contributed by atoms with Crippen molar-refractivity contribution in [1.29, 1.82) is 0 Å². The first kappa shape index (κ1) is 14.5. The average Bonchev–Trinajstić information content (AvgIpc) is 3.20. The fourth-order valence-corrected chi connectivity index (χ4v) is 3.10. The van der Waals surface area contributed by atoms with Gasteiger partial charge in [0, 0.05) is 23.7 Å². The Kier molecular flexibility index (Phi) is 3.34. The van der Waals surface area contributed by atoms with Gasteiger partial charge in [-0.05, 0) is 42.8 Å². The zero-order valence-corrected chi connectivity index (χ0v) is 13.8. The molecule has 5 heteroatoms. The van der Waals surface area contributed by atoms with Gasteiger partial charge in [-0.25, -0.2) is 4.68 Å². The van der Waals surface area contributed by atoms with Crippen molar-refractivity contribution in [3.63, 3.8) is 0 Å². The molecule has 0 amide bonds. The Hall–Kier alpha value is -3.08. The Bertz CT molecular complexity index is 1010. The van der Waals surface area contributed by atoms with Crippen LogP contribution in [-0.2, 0) is 13.5 Å². The fraction of sp³-hybridized carbons (Fsp3) is 0.158. The number of hydrogen-bond donors (Lipinski definition) is 1. The molecule has 0 bridgehead atoms. The zero-order valence-electron chi connectivity index (χ0n) is 13.8. The molecule has 4 aromatic rings. The highest BCUT2D eigenvalue weighted by molar-refractivity contribution is 5.86. The Morgan fingerprint density at radius 2 is 1.83 bits per heavy atom. The first-order valence-electron chi connectivity index (χ1n) is 8.03. The summed E-state index contributed by atoms with van der Waals surface area (Å²) >= 11 is 0. The summed E-state index contributed by atoms with van der Waals surface area (Å²) in [5, 5.41) is 10.3. The number of anilines is 1. The number of hydrogen-bond acceptors (Lipinski definition) is 3. The summed E-state index contributed by atoms with van der Waals surface area (Å²) in [4.78, 5) is 0. The van der Waals surface area contributed by atoms with Crippen LogP contribution in [-0.4, -0.2) is 19.6 Å². The number of aryl methyl sites for hydroxylation is 2. The number of nitrogens with zero attached hydrogens (tertiary/aromatic N) is 4. The second-order valence-corrected chi connectivity index (χ2v) is 5.88. The molecule has 0 unspecified atom stereocenters. The minimum atomic E-state index is 0.746. The van der Waals surface area contributed by atoms with E-state index in [2.05, 4.69) is 35.3 Å². The molecule has 2 N–H and O–H groups in total. The second kappa shape index (κ2) is 5.53. The molecule has 0 spiro atoms. The fourth-order valence-electron chi connectivity index (χ4n) is 3.10. The van der Waals surface area contributed by atoms with Gasteiger partial charge in [-0.3, -0.25) is 4.68 Å². The molecular weight excluding hydrogens is 298 g/mol. The molecule has 0 aliphatic carbocycles. The van der Waals surface area contributed by atoms with E-state index in [9.17, 15) is 0 Å². The third-order valence-electron chi connectivity index (χ3n) is 4.34. The minimum absolute atomic E-state index is 0.746. The summed E-state index contributed by atoms with van der Waals surface area (Å²) in [6.45, 7) is 2.13. The van der Waals surface area contributed by atoms with Gasteiger partial charge in [0.25, 0.3) is 0 Å². The van der Waals surface area contributed by atoms with Crippen molar-refractivity contribution in [3.05, 3.63) is 60.4 Å². The van der Waals surface area contributed by atoms with Crippen molar-refractivity contribution in [2.24, 2.45) is 7.05 Å². The van der Waals surface area contributed by atoms with E-state index in [1.165, 1.54) is 5.39 Å². The summed E-state index contributed by atoms with van der Waals surface area (Å²) in [5.74, 6) is 0. The molecule has 0 saturated carbocycles. The highest BCUT2D eigenvalue weighted by Gasteiger charge is 2.12. The van der Waals surface area contributed by atoms with E-state index >= 15 is 0 Å². The van der Waals surface area contributed by atoms with Gasteiger partial charge in [-0.15, -0.1) is 0 Å². The maximum Gasteiger partial charge on any atom is 0.0741 e. The van der Waals surface area contributed by atoms with Crippen LogP contribution in [0, 0.1) is 0 Å². The molecule has 2 heterocycles. The van der Waals surface area contributed by atoms with Crippen molar-refractivity contribution >= 4 is 16.6 Å². The zero-order chi connectivity index (χ0) is 16.7. The number of rotatable bonds is 3. The number of aromatic nitrogens is 4. The predicted octanol–water partition coefficient (Wildman–Crippen LogP) is 3.57. The van der Waals surface area contributed by atoms with Gasteiger partial charge in [0.2, 0.25) is 0 Å². The Labute approximate surface area is 140 Å². The summed E-state index contributed by atoms with van der Waals surface area (Å²) < 4.78 is 3.87. The van der Waals surface area contributed by atoms with Gasteiger partial charge < -0.3 is 5.73 Å². The van der Waals surface area contributed by atoms with E-state index < -0.39 is 0 Å². The van der Waals surface area contributed by atoms with Crippen molar-refractivity contribution in [3.8, 4) is 16.9 Å². The quantitative estimate of drug-likeness (QED) is 0.588. The Balaban J connectivity index is 1.85. The van der Waals surface area contributed by atoms with Crippen LogP contribution in [0.25, 0.3) is 27.8 Å². The van der Waals surface area contributed by atoms with Crippen LogP contribution in [0.15, 0.2) is 54.7 Å². The van der Waals surface area contributed by atoms with Gasteiger partial charge in [-0.2, -0.15) is 10.2 Å². The minimum Gasteiger partial charge on any atom is -0.399 e. The van der Waals surface area contributed by atoms with E-state index in [0.29, 0.717) is 0 Å². The lowest BCUT2D eigenvalue weighted by Crippen LogP contribution is -1.99. The molecule has 2 aromatic carbocycles. The number of nitrogen functional groups attached to an aromatic ring is 1. The maximum absolute atomic E-state index is 5.78. The van der Waals surface area contributed by atoms with Gasteiger partial charge in [0.1, 0.15) is 0 Å². The van der Waals surface area contributed by atoms with Crippen LogP contribution in [0.5, 0.6) is 0 Å². The van der Waals surface area contributed by atoms with E-state index in [0.717, 1.165) is 40.3 Å². The number of nitrogens with two attached hydrogens (primary N) is 1. The van der Waals surface area contributed by atoms with Crippen molar-refractivity contribution in [2.45, 2.75) is 13.3 Å². The highest BCUT2D eigenvalue weighted by atomic mass is 15.3. The van der Waals surface area contributed by atoms with Crippen LogP contribution < -0.4 is 5.73 Å². The summed E-state index contributed by atoms with van der Waals surface area (Å²) in [7, 11) is 1.99. The lowest BCUT2D eigenvalue weighted by atomic mass is 10.1. The molecule has 120 valence electrons. The molecule has 2 aromatic heterocycles. The number of benzene rings is 2. The summed E-state index contributed by atoms with van der Waals surface area (Å²) in [6.07, 6.45) is 2.75. The maximum atomic E-state index is 5.78. The molecule has 0 saturated heterocycles. The normalized spacial score (nSPS) is 11.2. The standard InChI is InChI=1S/C19H19N5/c1-3-17-16-9-4-13(12-19(16)23(2)22-17)18-10-11-21-24(18)15-7-5-14(20)6-8-15/h4-12H,3,20H2,1-2H3. The van der Waals surface area contributed by atoms with Gasteiger partial charge in [0.15, 0.2) is 0 Å². The monoisotopic (exact) mass is 317 g/mol. The van der Waals surface area contributed by atoms with Crippen molar-refractivity contribution in [2.75, 3.05) is 5.73 Å². The van der Waals surface area contributed by atoms with Gasteiger partial charge >= 0.3 is 0 Å². The van der Waals surface area contributed by atoms with Crippen LogP contribution in [0.4, 0.5) is 5.69 Å². The average molecular weight is 317 g/mol. The molecule has 5 nitrogen and oxygen atoms in total. The van der Waals surface area contributed by atoms with Crippen LogP contribution in [0.3, 0.4) is 0 Å². The van der Waals surface area contributed by atoms with Crippen molar-refractivity contribution in [1.82, 2.24) is 19.6 Å². The molecule has 0 atom stereocenters.